The van der Waals surface area contributed by atoms with Gasteiger partial charge in [0.15, 0.2) is 0 Å². The fraction of sp³-hybridized carbons (Fsp3) is 0.176. The van der Waals surface area contributed by atoms with Gasteiger partial charge in [0.1, 0.15) is 5.82 Å². The summed E-state index contributed by atoms with van der Waals surface area (Å²) in [6.45, 7) is 1.27. The van der Waals surface area contributed by atoms with Crippen LogP contribution in [0.2, 0.25) is 0 Å². The van der Waals surface area contributed by atoms with Crippen LogP contribution >= 0.6 is 0 Å². The Morgan fingerprint density at radius 3 is 2.26 bits per heavy atom. The number of halogens is 1. The molecule has 0 heterocycles. The van der Waals surface area contributed by atoms with Crippen molar-refractivity contribution in [2.45, 2.75) is 5.92 Å². The summed E-state index contributed by atoms with van der Waals surface area (Å²) < 4.78 is 13.0. The second-order valence-corrected chi connectivity index (χ2v) is 4.35. The Morgan fingerprint density at radius 2 is 1.63 bits per heavy atom. The molecule has 0 saturated carbocycles. The highest BCUT2D eigenvalue weighted by molar-refractivity contribution is 5.33. The lowest BCUT2D eigenvalue weighted by Gasteiger charge is -2.18. The van der Waals surface area contributed by atoms with Crippen molar-refractivity contribution >= 4 is 0 Å². The van der Waals surface area contributed by atoms with Gasteiger partial charge in [-0.15, -0.1) is 6.42 Å². The summed E-state index contributed by atoms with van der Waals surface area (Å²) in [6, 6.07) is 16.8. The minimum Gasteiger partial charge on any atom is -0.305 e. The van der Waals surface area contributed by atoms with E-state index in [1.54, 1.807) is 0 Å². The van der Waals surface area contributed by atoms with Crippen molar-refractivity contribution in [3.05, 3.63) is 71.5 Å². The van der Waals surface area contributed by atoms with Crippen LogP contribution in [-0.4, -0.2) is 13.1 Å². The van der Waals surface area contributed by atoms with E-state index in [1.807, 2.05) is 30.3 Å². The van der Waals surface area contributed by atoms with E-state index in [1.165, 1.54) is 17.7 Å². The summed E-state index contributed by atoms with van der Waals surface area (Å²) in [5.41, 5.74) is 2.27. The van der Waals surface area contributed by atoms with Gasteiger partial charge in [-0.2, -0.15) is 0 Å². The van der Waals surface area contributed by atoms with Crippen LogP contribution in [0.5, 0.6) is 0 Å². The van der Waals surface area contributed by atoms with E-state index in [4.69, 9.17) is 6.42 Å². The Hall–Kier alpha value is -2.11. The zero-order valence-corrected chi connectivity index (χ0v) is 10.6. The van der Waals surface area contributed by atoms with Crippen molar-refractivity contribution in [3.63, 3.8) is 0 Å². The van der Waals surface area contributed by atoms with Crippen molar-refractivity contribution in [2.24, 2.45) is 0 Å². The Kier molecular flexibility index (Phi) is 4.72. The number of hydrogen-bond acceptors (Lipinski definition) is 1. The number of benzene rings is 2. The van der Waals surface area contributed by atoms with Crippen LogP contribution in [0.4, 0.5) is 4.39 Å². The largest absolute Gasteiger partial charge is 0.305 e. The molecule has 0 aliphatic carbocycles. The van der Waals surface area contributed by atoms with E-state index in [0.29, 0.717) is 6.54 Å². The molecule has 0 amide bonds. The number of rotatable bonds is 5. The first-order chi connectivity index (χ1) is 9.31. The van der Waals surface area contributed by atoms with Crippen molar-refractivity contribution in [3.8, 4) is 12.3 Å². The number of terminal acetylenes is 1. The first-order valence-electron chi connectivity index (χ1n) is 6.26. The summed E-state index contributed by atoms with van der Waals surface area (Å²) in [6.07, 6.45) is 5.25. The zero-order chi connectivity index (χ0) is 13.5. The average Bonchev–Trinajstić information content (AvgIpc) is 2.46. The topological polar surface area (TPSA) is 12.0 Å². The molecule has 0 fully saturated rings. The Morgan fingerprint density at radius 1 is 1.00 bits per heavy atom. The molecule has 1 atom stereocenters. The van der Waals surface area contributed by atoms with Gasteiger partial charge in [-0.1, -0.05) is 48.4 Å². The monoisotopic (exact) mass is 253 g/mol. The van der Waals surface area contributed by atoms with Gasteiger partial charge >= 0.3 is 0 Å². The molecule has 2 aromatic rings. The first kappa shape index (κ1) is 13.3. The van der Waals surface area contributed by atoms with E-state index >= 15 is 0 Å². The quantitative estimate of drug-likeness (QED) is 0.637. The van der Waals surface area contributed by atoms with Gasteiger partial charge in [0.25, 0.3) is 0 Å². The summed E-state index contributed by atoms with van der Waals surface area (Å²) in [7, 11) is 0. The maximum atomic E-state index is 13.0. The van der Waals surface area contributed by atoms with Crippen LogP contribution in [0, 0.1) is 18.2 Å². The molecular formula is C17H16FN. The molecule has 0 radical (unpaired) electrons. The van der Waals surface area contributed by atoms with E-state index < -0.39 is 0 Å². The predicted octanol–water partition coefficient (Wildman–Crippen LogP) is 3.18. The molecule has 2 rings (SSSR count). The molecule has 19 heavy (non-hydrogen) atoms. The van der Waals surface area contributed by atoms with Crippen LogP contribution in [0.1, 0.15) is 17.0 Å². The van der Waals surface area contributed by atoms with Crippen molar-refractivity contribution in [1.82, 2.24) is 5.32 Å². The van der Waals surface area contributed by atoms with Crippen molar-refractivity contribution in [2.75, 3.05) is 13.1 Å². The second kappa shape index (κ2) is 6.72. The minimum atomic E-state index is -0.216. The predicted molar refractivity (Wildman–Crippen MR) is 76.4 cm³/mol. The lowest BCUT2D eigenvalue weighted by Crippen LogP contribution is -2.22. The van der Waals surface area contributed by atoms with Crippen LogP contribution in [0.25, 0.3) is 0 Å². The highest BCUT2D eigenvalue weighted by Crippen LogP contribution is 2.24. The van der Waals surface area contributed by atoms with Gasteiger partial charge in [0.2, 0.25) is 0 Å². The first-order valence-corrected chi connectivity index (χ1v) is 6.26. The molecule has 2 heteroatoms. The zero-order valence-electron chi connectivity index (χ0n) is 10.6. The standard InChI is InChI=1S/C17H16FN/c1-2-12-19-13-17(14-6-4-3-5-7-14)15-8-10-16(18)11-9-15/h1,3-11,17,19H,12-13H2. The fourth-order valence-electron chi connectivity index (χ4n) is 2.10. The molecule has 1 N–H and O–H groups in total. The molecule has 0 spiro atoms. The number of hydrogen-bond donors (Lipinski definition) is 1. The fourth-order valence-corrected chi connectivity index (χ4v) is 2.10. The third-order valence-corrected chi connectivity index (χ3v) is 3.05. The highest BCUT2D eigenvalue weighted by atomic mass is 19.1. The molecule has 2 aromatic carbocycles. The van der Waals surface area contributed by atoms with E-state index in [-0.39, 0.29) is 11.7 Å². The average molecular weight is 253 g/mol. The Labute approximate surface area is 113 Å². The van der Waals surface area contributed by atoms with Gasteiger partial charge in [-0.05, 0) is 23.3 Å². The molecule has 0 aromatic heterocycles. The molecule has 0 aliphatic heterocycles. The SMILES string of the molecule is C#CCNCC(c1ccccc1)c1ccc(F)cc1. The van der Waals surface area contributed by atoms with Crippen LogP contribution in [0.15, 0.2) is 54.6 Å². The van der Waals surface area contributed by atoms with Crippen LogP contribution in [-0.2, 0) is 0 Å². The molecule has 1 nitrogen and oxygen atoms in total. The molecule has 0 bridgehead atoms. The van der Waals surface area contributed by atoms with E-state index in [0.717, 1.165) is 12.1 Å². The molecular weight excluding hydrogens is 237 g/mol. The van der Waals surface area contributed by atoms with Gasteiger partial charge in [0, 0.05) is 12.5 Å². The lowest BCUT2D eigenvalue weighted by atomic mass is 9.91. The van der Waals surface area contributed by atoms with E-state index in [9.17, 15) is 4.39 Å². The Bertz CT molecular complexity index is 540. The Balaban J connectivity index is 2.24. The normalized spacial score (nSPS) is 11.8. The van der Waals surface area contributed by atoms with Gasteiger partial charge < -0.3 is 5.32 Å². The van der Waals surface area contributed by atoms with Crippen molar-refractivity contribution in [1.29, 1.82) is 0 Å². The summed E-state index contributed by atoms with van der Waals surface area (Å²) in [5.74, 6) is 2.52. The van der Waals surface area contributed by atoms with Gasteiger partial charge in [-0.3, -0.25) is 0 Å². The molecule has 96 valence electrons. The molecule has 1 unspecified atom stereocenters. The molecule has 0 saturated heterocycles. The van der Waals surface area contributed by atoms with Crippen LogP contribution in [0.3, 0.4) is 0 Å². The smallest absolute Gasteiger partial charge is 0.123 e. The van der Waals surface area contributed by atoms with Gasteiger partial charge in [0.05, 0.1) is 6.54 Å². The summed E-state index contributed by atoms with van der Waals surface area (Å²) >= 11 is 0. The van der Waals surface area contributed by atoms with E-state index in [2.05, 4.69) is 23.4 Å². The lowest BCUT2D eigenvalue weighted by molar-refractivity contribution is 0.624. The molecule has 0 aliphatic rings. The third kappa shape index (κ3) is 3.67. The number of nitrogens with one attached hydrogen (secondary N) is 1. The second-order valence-electron chi connectivity index (χ2n) is 4.35. The van der Waals surface area contributed by atoms with Gasteiger partial charge in [-0.25, -0.2) is 4.39 Å². The maximum absolute atomic E-state index is 13.0. The van der Waals surface area contributed by atoms with Crippen LogP contribution < -0.4 is 5.32 Å². The highest BCUT2D eigenvalue weighted by Gasteiger charge is 2.13. The minimum absolute atomic E-state index is 0.176. The maximum Gasteiger partial charge on any atom is 0.123 e. The third-order valence-electron chi connectivity index (χ3n) is 3.05. The summed E-state index contributed by atoms with van der Waals surface area (Å²) in [5, 5.41) is 3.22. The summed E-state index contributed by atoms with van der Waals surface area (Å²) in [4.78, 5) is 0. The van der Waals surface area contributed by atoms with Crippen molar-refractivity contribution < 1.29 is 4.39 Å².